The first-order chi connectivity index (χ1) is 9.06. The molecule has 0 aliphatic heterocycles. The molecular weight excluding hydrogens is 283 g/mol. The highest BCUT2D eigenvalue weighted by molar-refractivity contribution is 6.42. The Labute approximate surface area is 123 Å². The van der Waals surface area contributed by atoms with Crippen LogP contribution < -0.4 is 10.6 Å². The molecular formula is C14H18Cl2N2O. The quantitative estimate of drug-likeness (QED) is 0.887. The van der Waals surface area contributed by atoms with E-state index in [4.69, 9.17) is 23.2 Å². The highest BCUT2D eigenvalue weighted by Gasteiger charge is 2.20. The summed E-state index contributed by atoms with van der Waals surface area (Å²) in [6, 6.07) is 5.30. The van der Waals surface area contributed by atoms with Gasteiger partial charge in [0, 0.05) is 11.7 Å². The van der Waals surface area contributed by atoms with Crippen LogP contribution in [-0.2, 0) is 4.79 Å². The summed E-state index contributed by atoms with van der Waals surface area (Å²) >= 11 is 11.8. The van der Waals surface area contributed by atoms with E-state index in [9.17, 15) is 4.79 Å². The molecule has 1 aliphatic rings. The van der Waals surface area contributed by atoms with Crippen LogP contribution in [0.2, 0.25) is 10.0 Å². The summed E-state index contributed by atoms with van der Waals surface area (Å²) in [7, 11) is 0. The maximum Gasteiger partial charge on any atom is 0.242 e. The summed E-state index contributed by atoms with van der Waals surface area (Å²) in [6.07, 6.45) is 4.59. The number of halogens is 2. The van der Waals surface area contributed by atoms with Gasteiger partial charge >= 0.3 is 0 Å². The number of carbonyl (C=O) groups is 1. The van der Waals surface area contributed by atoms with Crippen LogP contribution in [0.15, 0.2) is 18.2 Å². The van der Waals surface area contributed by atoms with E-state index in [1.807, 2.05) is 13.0 Å². The summed E-state index contributed by atoms with van der Waals surface area (Å²) in [5.74, 6) is 0.0259. The van der Waals surface area contributed by atoms with E-state index < -0.39 is 0 Å². The van der Waals surface area contributed by atoms with Crippen LogP contribution in [0.3, 0.4) is 0 Å². The lowest BCUT2D eigenvalue weighted by atomic mass is 10.2. The van der Waals surface area contributed by atoms with Crippen molar-refractivity contribution in [2.75, 3.05) is 5.32 Å². The topological polar surface area (TPSA) is 41.1 Å². The van der Waals surface area contributed by atoms with E-state index in [1.54, 1.807) is 12.1 Å². The lowest BCUT2D eigenvalue weighted by Crippen LogP contribution is -2.42. The van der Waals surface area contributed by atoms with Crippen molar-refractivity contribution in [2.45, 2.75) is 44.7 Å². The van der Waals surface area contributed by atoms with Gasteiger partial charge in [-0.15, -0.1) is 0 Å². The van der Waals surface area contributed by atoms with Crippen molar-refractivity contribution in [2.24, 2.45) is 0 Å². The molecule has 19 heavy (non-hydrogen) atoms. The maximum absolute atomic E-state index is 12.0. The molecule has 1 amide bonds. The molecule has 1 fully saturated rings. The van der Waals surface area contributed by atoms with E-state index in [0.717, 1.165) is 18.5 Å². The number of amides is 1. The summed E-state index contributed by atoms with van der Waals surface area (Å²) in [4.78, 5) is 12.0. The standard InChI is InChI=1S/C14H18Cl2N2O/c1-9(14(19)18-10-4-2-3-5-10)17-11-6-7-12(15)13(16)8-11/h6-10,17H,2-5H2,1H3,(H,18,19). The molecule has 5 heteroatoms. The van der Waals surface area contributed by atoms with Gasteiger partial charge in [-0.25, -0.2) is 0 Å². The van der Waals surface area contributed by atoms with Crippen molar-refractivity contribution < 1.29 is 4.79 Å². The Morgan fingerprint density at radius 2 is 1.95 bits per heavy atom. The number of carbonyl (C=O) groups excluding carboxylic acids is 1. The third-order valence-corrected chi connectivity index (χ3v) is 4.14. The Bertz CT molecular complexity index is 459. The second-order valence-corrected chi connectivity index (χ2v) is 5.80. The van der Waals surface area contributed by atoms with E-state index in [-0.39, 0.29) is 11.9 Å². The number of rotatable bonds is 4. The van der Waals surface area contributed by atoms with Gasteiger partial charge < -0.3 is 10.6 Å². The lowest BCUT2D eigenvalue weighted by Gasteiger charge is -2.18. The van der Waals surface area contributed by atoms with Gasteiger partial charge in [0.1, 0.15) is 6.04 Å². The molecule has 1 aromatic rings. The molecule has 0 bridgehead atoms. The molecule has 3 nitrogen and oxygen atoms in total. The Morgan fingerprint density at radius 3 is 2.58 bits per heavy atom. The van der Waals surface area contributed by atoms with Gasteiger partial charge in [0.25, 0.3) is 0 Å². The van der Waals surface area contributed by atoms with E-state index in [1.165, 1.54) is 12.8 Å². The average molecular weight is 301 g/mol. The number of hydrogen-bond acceptors (Lipinski definition) is 2. The van der Waals surface area contributed by atoms with Gasteiger partial charge in [0.2, 0.25) is 5.91 Å². The van der Waals surface area contributed by atoms with Crippen molar-refractivity contribution in [1.29, 1.82) is 0 Å². The second-order valence-electron chi connectivity index (χ2n) is 4.98. The number of benzene rings is 1. The van der Waals surface area contributed by atoms with E-state index >= 15 is 0 Å². The molecule has 0 aromatic heterocycles. The van der Waals surface area contributed by atoms with Gasteiger partial charge in [-0.1, -0.05) is 36.0 Å². The smallest absolute Gasteiger partial charge is 0.242 e. The Kier molecular flexibility index (Phi) is 4.94. The molecule has 0 spiro atoms. The molecule has 0 radical (unpaired) electrons. The fourth-order valence-electron chi connectivity index (χ4n) is 2.30. The number of hydrogen-bond donors (Lipinski definition) is 2. The monoisotopic (exact) mass is 300 g/mol. The minimum Gasteiger partial charge on any atom is -0.374 e. The average Bonchev–Trinajstić information content (AvgIpc) is 2.86. The van der Waals surface area contributed by atoms with Crippen LogP contribution in [-0.4, -0.2) is 18.0 Å². The predicted molar refractivity (Wildman–Crippen MR) is 79.9 cm³/mol. The largest absolute Gasteiger partial charge is 0.374 e. The zero-order chi connectivity index (χ0) is 13.8. The van der Waals surface area contributed by atoms with Gasteiger partial charge in [-0.3, -0.25) is 4.79 Å². The van der Waals surface area contributed by atoms with E-state index in [0.29, 0.717) is 16.1 Å². The van der Waals surface area contributed by atoms with Crippen molar-refractivity contribution in [3.05, 3.63) is 28.2 Å². The van der Waals surface area contributed by atoms with Crippen LogP contribution in [0.5, 0.6) is 0 Å². The first-order valence-electron chi connectivity index (χ1n) is 6.58. The predicted octanol–water partition coefficient (Wildman–Crippen LogP) is 3.85. The molecule has 1 unspecified atom stereocenters. The fourth-order valence-corrected chi connectivity index (χ4v) is 2.60. The Morgan fingerprint density at radius 1 is 1.26 bits per heavy atom. The summed E-state index contributed by atoms with van der Waals surface area (Å²) in [5.41, 5.74) is 0.795. The van der Waals surface area contributed by atoms with Crippen LogP contribution in [0.4, 0.5) is 5.69 Å². The normalized spacial score (nSPS) is 17.2. The van der Waals surface area contributed by atoms with Crippen molar-refractivity contribution in [1.82, 2.24) is 5.32 Å². The molecule has 0 saturated heterocycles. The molecule has 2 rings (SSSR count). The molecule has 0 heterocycles. The van der Waals surface area contributed by atoms with Crippen LogP contribution in [0, 0.1) is 0 Å². The van der Waals surface area contributed by atoms with Crippen LogP contribution >= 0.6 is 23.2 Å². The first-order valence-corrected chi connectivity index (χ1v) is 7.34. The Hall–Kier alpha value is -0.930. The van der Waals surface area contributed by atoms with Gasteiger partial charge in [0.15, 0.2) is 0 Å². The molecule has 104 valence electrons. The van der Waals surface area contributed by atoms with Crippen molar-refractivity contribution in [3.63, 3.8) is 0 Å². The first kappa shape index (κ1) is 14.5. The zero-order valence-electron chi connectivity index (χ0n) is 10.9. The fraction of sp³-hybridized carbons (Fsp3) is 0.500. The summed E-state index contributed by atoms with van der Waals surface area (Å²) < 4.78 is 0. The Balaban J connectivity index is 1.90. The van der Waals surface area contributed by atoms with Gasteiger partial charge in [-0.05, 0) is 38.0 Å². The molecule has 2 N–H and O–H groups in total. The highest BCUT2D eigenvalue weighted by atomic mass is 35.5. The summed E-state index contributed by atoms with van der Waals surface area (Å²) in [5, 5.41) is 7.18. The third-order valence-electron chi connectivity index (χ3n) is 3.40. The minimum absolute atomic E-state index is 0.0259. The third kappa shape index (κ3) is 4.02. The maximum atomic E-state index is 12.0. The SMILES string of the molecule is CC(Nc1ccc(Cl)c(Cl)c1)C(=O)NC1CCCC1. The number of nitrogens with one attached hydrogen (secondary N) is 2. The zero-order valence-corrected chi connectivity index (χ0v) is 12.4. The molecule has 1 atom stereocenters. The van der Waals surface area contributed by atoms with E-state index in [2.05, 4.69) is 10.6 Å². The number of anilines is 1. The van der Waals surface area contributed by atoms with Crippen LogP contribution in [0.1, 0.15) is 32.6 Å². The summed E-state index contributed by atoms with van der Waals surface area (Å²) in [6.45, 7) is 1.84. The minimum atomic E-state index is -0.294. The van der Waals surface area contributed by atoms with Gasteiger partial charge in [0.05, 0.1) is 10.0 Å². The highest BCUT2D eigenvalue weighted by Crippen LogP contribution is 2.25. The second kappa shape index (κ2) is 6.49. The van der Waals surface area contributed by atoms with Crippen molar-refractivity contribution >= 4 is 34.8 Å². The van der Waals surface area contributed by atoms with Crippen LogP contribution in [0.25, 0.3) is 0 Å². The van der Waals surface area contributed by atoms with Crippen molar-refractivity contribution in [3.8, 4) is 0 Å². The molecule has 1 aliphatic carbocycles. The molecule has 1 aromatic carbocycles. The lowest BCUT2D eigenvalue weighted by molar-refractivity contribution is -0.122. The van der Waals surface area contributed by atoms with Gasteiger partial charge in [-0.2, -0.15) is 0 Å². The molecule has 1 saturated carbocycles.